The zero-order chi connectivity index (χ0) is 18.8. The van der Waals surface area contributed by atoms with Crippen molar-refractivity contribution in [2.24, 2.45) is 0 Å². The third-order valence-electron chi connectivity index (χ3n) is 3.08. The van der Waals surface area contributed by atoms with Crippen LogP contribution in [0, 0.1) is 0 Å². The molecule has 0 aliphatic carbocycles. The number of ether oxygens (including phenoxy) is 4. The van der Waals surface area contributed by atoms with E-state index in [1.54, 1.807) is 0 Å². The molecule has 0 aromatic carbocycles. The van der Waals surface area contributed by atoms with E-state index in [1.807, 2.05) is 6.92 Å². The second-order valence-corrected chi connectivity index (χ2v) is 5.15. The van der Waals surface area contributed by atoms with Crippen LogP contribution in [-0.2, 0) is 28.5 Å². The molecule has 0 aromatic heterocycles. The second kappa shape index (κ2) is 17.7. The van der Waals surface area contributed by atoms with E-state index in [9.17, 15) is 9.59 Å². The molecule has 0 rings (SSSR count). The van der Waals surface area contributed by atoms with Crippen LogP contribution in [0.5, 0.6) is 0 Å². The van der Waals surface area contributed by atoms with Crippen LogP contribution in [0.3, 0.4) is 0 Å². The van der Waals surface area contributed by atoms with E-state index < -0.39 is 12.1 Å². The predicted octanol–water partition coefficient (Wildman–Crippen LogP) is -0.543. The Kier molecular flexibility index (Phi) is 16.9. The van der Waals surface area contributed by atoms with Gasteiger partial charge >= 0.3 is 5.97 Å². The summed E-state index contributed by atoms with van der Waals surface area (Å²) in [5, 5.41) is 20.2. The zero-order valence-corrected chi connectivity index (χ0v) is 14.9. The maximum absolute atomic E-state index is 11.0. The Morgan fingerprint density at radius 2 is 1.36 bits per heavy atom. The second-order valence-electron chi connectivity index (χ2n) is 5.15. The third-order valence-corrected chi connectivity index (χ3v) is 3.08. The van der Waals surface area contributed by atoms with E-state index in [0.717, 1.165) is 0 Å². The van der Waals surface area contributed by atoms with E-state index in [-0.39, 0.29) is 12.3 Å². The van der Waals surface area contributed by atoms with Crippen LogP contribution >= 0.6 is 0 Å². The monoisotopic (exact) mass is 365 g/mol. The van der Waals surface area contributed by atoms with Gasteiger partial charge < -0.3 is 34.5 Å². The molecule has 0 amide bonds. The maximum atomic E-state index is 11.0. The first-order chi connectivity index (χ1) is 12.1. The fourth-order valence-electron chi connectivity index (χ4n) is 1.60. The van der Waals surface area contributed by atoms with E-state index in [0.29, 0.717) is 72.2 Å². The van der Waals surface area contributed by atoms with Crippen molar-refractivity contribution in [3.8, 4) is 0 Å². The lowest BCUT2D eigenvalue weighted by atomic mass is 10.2. The Balaban J connectivity index is 3.10. The summed E-state index contributed by atoms with van der Waals surface area (Å²) in [6, 6.07) is 0. The van der Waals surface area contributed by atoms with Gasteiger partial charge in [-0.1, -0.05) is 6.92 Å². The van der Waals surface area contributed by atoms with Gasteiger partial charge in [0.05, 0.1) is 52.9 Å². The van der Waals surface area contributed by atoms with Crippen LogP contribution in [-0.4, -0.2) is 94.0 Å². The molecule has 3 N–H and O–H groups in total. The Morgan fingerprint density at radius 1 is 0.880 bits per heavy atom. The lowest BCUT2D eigenvalue weighted by molar-refractivity contribution is -0.146. The van der Waals surface area contributed by atoms with Crippen molar-refractivity contribution in [2.45, 2.75) is 25.9 Å². The molecule has 25 heavy (non-hydrogen) atoms. The summed E-state index contributed by atoms with van der Waals surface area (Å²) in [5.74, 6) is -1.05. The minimum atomic E-state index is -1.40. The number of ketones is 1. The van der Waals surface area contributed by atoms with Crippen LogP contribution in [0.2, 0.25) is 0 Å². The van der Waals surface area contributed by atoms with Gasteiger partial charge in [-0.15, -0.1) is 0 Å². The van der Waals surface area contributed by atoms with E-state index >= 15 is 0 Å². The zero-order valence-electron chi connectivity index (χ0n) is 14.9. The standard InChI is InChI=1S/C16H31NO8/c1-2-14(18)3-5-22-7-9-24-11-12-25-10-8-23-6-4-17-13-15(19)16(20)21/h15,17,19H,2-13H2,1H3,(H,20,21). The SMILES string of the molecule is CCC(=O)CCOCCOCCOCCOCCNCC(O)C(=O)O. The van der Waals surface area contributed by atoms with E-state index in [2.05, 4.69) is 5.32 Å². The van der Waals surface area contributed by atoms with Crippen LogP contribution in [0.25, 0.3) is 0 Å². The number of aliphatic hydroxyl groups excluding tert-OH is 1. The lowest BCUT2D eigenvalue weighted by Gasteiger charge is -2.09. The van der Waals surface area contributed by atoms with Crippen LogP contribution in [0.4, 0.5) is 0 Å². The van der Waals surface area contributed by atoms with Gasteiger partial charge in [0.15, 0.2) is 6.10 Å². The molecule has 0 heterocycles. The summed E-state index contributed by atoms with van der Waals surface area (Å²) in [4.78, 5) is 21.4. The van der Waals surface area contributed by atoms with Gasteiger partial charge in [-0.3, -0.25) is 4.79 Å². The summed E-state index contributed by atoms with van der Waals surface area (Å²) in [6.45, 7) is 5.85. The number of rotatable bonds is 19. The Bertz CT molecular complexity index is 340. The number of hydrogen-bond acceptors (Lipinski definition) is 8. The van der Waals surface area contributed by atoms with Crippen LogP contribution in [0.1, 0.15) is 19.8 Å². The number of carbonyl (C=O) groups excluding carboxylic acids is 1. The number of Topliss-reactive ketones (excluding diaryl/α,β-unsaturated/α-hetero) is 1. The first-order valence-electron chi connectivity index (χ1n) is 8.52. The molecule has 0 aliphatic rings. The van der Waals surface area contributed by atoms with Crippen molar-refractivity contribution >= 4 is 11.8 Å². The highest BCUT2D eigenvalue weighted by Gasteiger charge is 2.11. The highest BCUT2D eigenvalue weighted by atomic mass is 16.6. The molecule has 0 saturated carbocycles. The first kappa shape index (κ1) is 23.9. The van der Waals surface area contributed by atoms with Crippen molar-refractivity contribution < 1.29 is 38.7 Å². The fourth-order valence-corrected chi connectivity index (χ4v) is 1.60. The van der Waals surface area contributed by atoms with Gasteiger partial charge in [0.1, 0.15) is 5.78 Å². The fraction of sp³-hybridized carbons (Fsp3) is 0.875. The molecule has 1 unspecified atom stereocenters. The first-order valence-corrected chi connectivity index (χ1v) is 8.52. The number of carboxylic acid groups (broad SMARTS) is 1. The highest BCUT2D eigenvalue weighted by molar-refractivity contribution is 5.78. The lowest BCUT2D eigenvalue weighted by Crippen LogP contribution is -2.34. The average molecular weight is 365 g/mol. The molecule has 0 saturated heterocycles. The number of hydrogen-bond donors (Lipinski definition) is 3. The number of carbonyl (C=O) groups is 2. The van der Waals surface area contributed by atoms with Gasteiger partial charge in [-0.05, 0) is 0 Å². The van der Waals surface area contributed by atoms with Crippen molar-refractivity contribution in [1.82, 2.24) is 5.32 Å². The summed E-state index contributed by atoms with van der Waals surface area (Å²) in [7, 11) is 0. The Hall–Kier alpha value is -1.10. The van der Waals surface area contributed by atoms with Gasteiger partial charge in [0, 0.05) is 25.9 Å². The average Bonchev–Trinajstić information content (AvgIpc) is 2.60. The minimum absolute atomic E-state index is 0.00877. The van der Waals surface area contributed by atoms with Crippen LogP contribution < -0.4 is 5.32 Å². The molecule has 0 bridgehead atoms. The highest BCUT2D eigenvalue weighted by Crippen LogP contribution is 1.90. The van der Waals surface area contributed by atoms with Crippen molar-refractivity contribution in [3.63, 3.8) is 0 Å². The topological polar surface area (TPSA) is 124 Å². The van der Waals surface area contributed by atoms with E-state index in [1.165, 1.54) is 0 Å². The molecule has 9 heteroatoms. The molecular weight excluding hydrogens is 334 g/mol. The molecular formula is C16H31NO8. The van der Waals surface area contributed by atoms with Gasteiger partial charge in [0.2, 0.25) is 0 Å². The molecule has 1 atom stereocenters. The largest absolute Gasteiger partial charge is 0.479 e. The molecule has 0 aromatic rings. The quantitative estimate of drug-likeness (QED) is 0.259. The summed E-state index contributed by atoms with van der Waals surface area (Å²) in [5.41, 5.74) is 0. The Labute approximate surface area is 148 Å². The number of aliphatic carboxylic acids is 1. The molecule has 0 spiro atoms. The number of nitrogens with one attached hydrogen (secondary N) is 1. The van der Waals surface area contributed by atoms with E-state index in [4.69, 9.17) is 29.2 Å². The van der Waals surface area contributed by atoms with Crippen molar-refractivity contribution in [3.05, 3.63) is 0 Å². The summed E-state index contributed by atoms with van der Waals surface area (Å²) >= 11 is 0. The Morgan fingerprint density at radius 3 is 1.84 bits per heavy atom. The van der Waals surface area contributed by atoms with Gasteiger partial charge in [0.25, 0.3) is 0 Å². The summed E-state index contributed by atoms with van der Waals surface area (Å²) < 4.78 is 21.2. The third kappa shape index (κ3) is 17.5. The smallest absolute Gasteiger partial charge is 0.333 e. The maximum Gasteiger partial charge on any atom is 0.333 e. The molecule has 0 radical (unpaired) electrons. The van der Waals surface area contributed by atoms with Crippen molar-refractivity contribution in [1.29, 1.82) is 0 Å². The van der Waals surface area contributed by atoms with Crippen LogP contribution in [0.15, 0.2) is 0 Å². The predicted molar refractivity (Wildman–Crippen MR) is 89.7 cm³/mol. The normalized spacial score (nSPS) is 12.2. The number of aliphatic hydroxyl groups is 1. The van der Waals surface area contributed by atoms with Gasteiger partial charge in [-0.2, -0.15) is 0 Å². The van der Waals surface area contributed by atoms with Gasteiger partial charge in [-0.25, -0.2) is 4.79 Å². The molecule has 9 nitrogen and oxygen atoms in total. The van der Waals surface area contributed by atoms with Crippen molar-refractivity contribution in [2.75, 3.05) is 65.9 Å². The molecule has 0 aliphatic heterocycles. The summed E-state index contributed by atoms with van der Waals surface area (Å²) in [6.07, 6.45) is -0.395. The molecule has 0 fully saturated rings. The number of carboxylic acids is 1. The minimum Gasteiger partial charge on any atom is -0.479 e. The molecule has 148 valence electrons.